The molecule has 0 radical (unpaired) electrons. The topological polar surface area (TPSA) is 47.6 Å². The van der Waals surface area contributed by atoms with Crippen LogP contribution < -0.4 is 10.6 Å². The first kappa shape index (κ1) is 18.0. The van der Waals surface area contributed by atoms with E-state index < -0.39 is 0 Å². The molecular weight excluding hydrogens is 312 g/mol. The second-order valence-corrected chi connectivity index (χ2v) is 7.36. The number of carbonyl (C=O) groups is 1. The lowest BCUT2D eigenvalue weighted by Gasteiger charge is -2.35. The number of nitrogens with one attached hydrogen (secondary N) is 2. The van der Waals surface area contributed by atoms with Crippen molar-refractivity contribution in [2.75, 3.05) is 39.3 Å². The maximum Gasteiger partial charge on any atom is 0.246 e. The molecule has 2 N–H and O–H groups in total. The molecule has 25 heavy (non-hydrogen) atoms. The summed E-state index contributed by atoms with van der Waals surface area (Å²) >= 11 is 0. The Hall–Kier alpha value is -1.85. The van der Waals surface area contributed by atoms with Crippen molar-refractivity contribution in [3.8, 4) is 0 Å². The minimum absolute atomic E-state index is 0.0238. The van der Waals surface area contributed by atoms with Gasteiger partial charge in [0.2, 0.25) is 5.91 Å². The SMILES string of the molecule is CC(C)C1NC(=O)C=C1NCCN1CCN(Cc2ccccc2)CC1. The van der Waals surface area contributed by atoms with E-state index in [1.807, 2.05) is 0 Å². The highest BCUT2D eigenvalue weighted by molar-refractivity contribution is 5.91. The van der Waals surface area contributed by atoms with Crippen molar-refractivity contribution < 1.29 is 4.79 Å². The Morgan fingerprint density at radius 2 is 1.80 bits per heavy atom. The van der Waals surface area contributed by atoms with Gasteiger partial charge in [-0.05, 0) is 11.5 Å². The van der Waals surface area contributed by atoms with E-state index in [4.69, 9.17) is 0 Å². The van der Waals surface area contributed by atoms with Crippen LogP contribution in [0.3, 0.4) is 0 Å². The van der Waals surface area contributed by atoms with Gasteiger partial charge in [-0.15, -0.1) is 0 Å². The highest BCUT2D eigenvalue weighted by Crippen LogP contribution is 2.15. The van der Waals surface area contributed by atoms with Crippen LogP contribution in [0.25, 0.3) is 0 Å². The van der Waals surface area contributed by atoms with Gasteiger partial charge < -0.3 is 10.6 Å². The molecule has 2 aliphatic rings. The summed E-state index contributed by atoms with van der Waals surface area (Å²) in [5.41, 5.74) is 2.44. The molecule has 5 heteroatoms. The highest BCUT2D eigenvalue weighted by Gasteiger charge is 2.26. The Morgan fingerprint density at radius 3 is 2.48 bits per heavy atom. The number of hydrogen-bond donors (Lipinski definition) is 2. The van der Waals surface area contributed by atoms with Crippen LogP contribution in [0.1, 0.15) is 19.4 Å². The van der Waals surface area contributed by atoms with Crippen LogP contribution in [0.15, 0.2) is 42.1 Å². The molecule has 1 atom stereocenters. The summed E-state index contributed by atoms with van der Waals surface area (Å²) in [7, 11) is 0. The number of nitrogens with zero attached hydrogens (tertiary/aromatic N) is 2. The Balaban J connectivity index is 1.37. The van der Waals surface area contributed by atoms with Crippen LogP contribution in [0, 0.1) is 5.92 Å². The minimum Gasteiger partial charge on any atom is -0.385 e. The normalized spacial score (nSPS) is 22.1. The molecule has 5 nitrogen and oxygen atoms in total. The summed E-state index contributed by atoms with van der Waals surface area (Å²) in [5, 5.41) is 6.47. The van der Waals surface area contributed by atoms with Crippen LogP contribution in [0.5, 0.6) is 0 Å². The van der Waals surface area contributed by atoms with Crippen LogP contribution in [0.2, 0.25) is 0 Å². The number of piperazine rings is 1. The van der Waals surface area contributed by atoms with Crippen LogP contribution >= 0.6 is 0 Å². The fourth-order valence-corrected chi connectivity index (χ4v) is 3.56. The molecule has 1 aromatic carbocycles. The van der Waals surface area contributed by atoms with Crippen LogP contribution in [-0.4, -0.2) is 61.0 Å². The van der Waals surface area contributed by atoms with E-state index in [1.54, 1.807) is 6.08 Å². The van der Waals surface area contributed by atoms with Crippen LogP contribution in [0.4, 0.5) is 0 Å². The lowest BCUT2D eigenvalue weighted by Crippen LogP contribution is -2.48. The van der Waals surface area contributed by atoms with Gasteiger partial charge in [-0.25, -0.2) is 0 Å². The average Bonchev–Trinajstić information content (AvgIpc) is 2.98. The van der Waals surface area contributed by atoms with E-state index in [0.29, 0.717) is 5.92 Å². The number of carbonyl (C=O) groups excluding carboxylic acids is 1. The summed E-state index contributed by atoms with van der Waals surface area (Å²) in [6, 6.07) is 10.8. The Kier molecular flexibility index (Phi) is 6.10. The third-order valence-corrected chi connectivity index (χ3v) is 5.06. The van der Waals surface area contributed by atoms with Crippen molar-refractivity contribution in [1.82, 2.24) is 20.4 Å². The molecule has 1 saturated heterocycles. The van der Waals surface area contributed by atoms with Gasteiger partial charge >= 0.3 is 0 Å². The van der Waals surface area contributed by atoms with Crippen molar-refractivity contribution in [2.45, 2.75) is 26.4 Å². The van der Waals surface area contributed by atoms with Gasteiger partial charge in [-0.2, -0.15) is 0 Å². The van der Waals surface area contributed by atoms with E-state index >= 15 is 0 Å². The Labute approximate surface area is 151 Å². The predicted octanol–water partition coefficient (Wildman–Crippen LogP) is 1.43. The number of amides is 1. The molecule has 0 aliphatic carbocycles. The summed E-state index contributed by atoms with van der Waals surface area (Å²) in [4.78, 5) is 16.6. The lowest BCUT2D eigenvalue weighted by atomic mass is 10.0. The van der Waals surface area contributed by atoms with Crippen molar-refractivity contribution in [2.24, 2.45) is 5.92 Å². The number of hydrogen-bond acceptors (Lipinski definition) is 4. The zero-order chi connectivity index (χ0) is 17.6. The first-order valence-electron chi connectivity index (χ1n) is 9.36. The number of benzene rings is 1. The van der Waals surface area contributed by atoms with Crippen molar-refractivity contribution >= 4 is 5.91 Å². The number of rotatable bonds is 7. The van der Waals surface area contributed by atoms with E-state index in [2.05, 4.69) is 64.6 Å². The molecule has 0 bridgehead atoms. The maximum absolute atomic E-state index is 11.6. The molecule has 1 unspecified atom stereocenters. The minimum atomic E-state index is 0.0238. The quantitative estimate of drug-likeness (QED) is 0.787. The van der Waals surface area contributed by atoms with Gasteiger partial charge in [0.15, 0.2) is 0 Å². The highest BCUT2D eigenvalue weighted by atomic mass is 16.1. The lowest BCUT2D eigenvalue weighted by molar-refractivity contribution is -0.116. The van der Waals surface area contributed by atoms with E-state index in [9.17, 15) is 4.79 Å². The molecule has 2 aliphatic heterocycles. The molecule has 1 amide bonds. The molecule has 0 aromatic heterocycles. The Morgan fingerprint density at radius 1 is 1.12 bits per heavy atom. The van der Waals surface area contributed by atoms with Gasteiger partial charge in [0.1, 0.15) is 0 Å². The molecule has 1 fully saturated rings. The van der Waals surface area contributed by atoms with E-state index in [1.165, 1.54) is 5.56 Å². The zero-order valence-electron chi connectivity index (χ0n) is 15.4. The molecule has 3 rings (SSSR count). The molecule has 1 aromatic rings. The van der Waals surface area contributed by atoms with Gasteiger partial charge in [0.25, 0.3) is 0 Å². The van der Waals surface area contributed by atoms with Gasteiger partial charge in [-0.3, -0.25) is 14.6 Å². The van der Waals surface area contributed by atoms with Crippen molar-refractivity contribution in [1.29, 1.82) is 0 Å². The monoisotopic (exact) mass is 342 g/mol. The second-order valence-electron chi connectivity index (χ2n) is 7.36. The van der Waals surface area contributed by atoms with E-state index in [-0.39, 0.29) is 11.9 Å². The molecule has 136 valence electrons. The largest absolute Gasteiger partial charge is 0.385 e. The Bertz CT molecular complexity index is 591. The fraction of sp³-hybridized carbons (Fsp3) is 0.550. The molecule has 0 saturated carbocycles. The first-order valence-corrected chi connectivity index (χ1v) is 9.36. The standard InChI is InChI=1S/C20H30N4O/c1-16(2)20-18(14-19(25)22-20)21-8-9-23-10-12-24(13-11-23)15-17-6-4-3-5-7-17/h3-7,14,16,20-21H,8-13,15H2,1-2H3,(H,22,25). The van der Waals surface area contributed by atoms with Crippen LogP contribution in [-0.2, 0) is 11.3 Å². The molecular formula is C20H30N4O. The molecule has 0 spiro atoms. The average molecular weight is 342 g/mol. The van der Waals surface area contributed by atoms with E-state index in [0.717, 1.165) is 51.5 Å². The molecule has 2 heterocycles. The zero-order valence-corrected chi connectivity index (χ0v) is 15.4. The van der Waals surface area contributed by atoms with Gasteiger partial charge in [0, 0.05) is 57.6 Å². The summed E-state index contributed by atoms with van der Waals surface area (Å²) in [6.07, 6.45) is 1.71. The third kappa shape index (κ3) is 5.06. The fourth-order valence-electron chi connectivity index (χ4n) is 3.56. The smallest absolute Gasteiger partial charge is 0.246 e. The summed E-state index contributed by atoms with van der Waals surface area (Å²) in [6.45, 7) is 11.7. The van der Waals surface area contributed by atoms with Crippen molar-refractivity contribution in [3.63, 3.8) is 0 Å². The third-order valence-electron chi connectivity index (χ3n) is 5.06. The predicted molar refractivity (Wildman–Crippen MR) is 101 cm³/mol. The van der Waals surface area contributed by atoms with Crippen molar-refractivity contribution in [3.05, 3.63) is 47.7 Å². The second kappa shape index (κ2) is 8.50. The maximum atomic E-state index is 11.6. The van der Waals surface area contributed by atoms with Gasteiger partial charge in [0.05, 0.1) is 6.04 Å². The first-order chi connectivity index (χ1) is 12.1. The van der Waals surface area contributed by atoms with Gasteiger partial charge in [-0.1, -0.05) is 44.2 Å². The summed E-state index contributed by atoms with van der Waals surface area (Å²) < 4.78 is 0. The summed E-state index contributed by atoms with van der Waals surface area (Å²) in [5.74, 6) is 0.433.